The van der Waals surface area contributed by atoms with Crippen LogP contribution in [-0.4, -0.2) is 79.5 Å². The molecule has 0 heterocycles. The highest BCUT2D eigenvalue weighted by molar-refractivity contribution is 7.91. The van der Waals surface area contributed by atoms with Crippen molar-refractivity contribution in [3.05, 3.63) is 84.4 Å². The summed E-state index contributed by atoms with van der Waals surface area (Å²) < 4.78 is 153. The van der Waals surface area contributed by atoms with Crippen molar-refractivity contribution in [1.29, 1.82) is 0 Å². The van der Waals surface area contributed by atoms with Crippen LogP contribution in [0.25, 0.3) is 21.5 Å². The van der Waals surface area contributed by atoms with Crippen LogP contribution >= 0.6 is 0 Å². The van der Waals surface area contributed by atoms with Gasteiger partial charge in [-0.2, -0.15) is 29.5 Å². The van der Waals surface area contributed by atoms with Gasteiger partial charge in [-0.1, -0.05) is 30.3 Å². The molecule has 1 amide bonds. The molecule has 1 unspecified atom stereocenters. The van der Waals surface area contributed by atoms with Crippen LogP contribution in [0.3, 0.4) is 0 Å². The molecule has 5 rings (SSSR count). The van der Waals surface area contributed by atoms with E-state index in [2.05, 4.69) is 19.7 Å². The SMILES string of the molecule is O=C(Nc1cc(S(=O)(=O)O)cc2cc(S(=O)(=O)O)c(/N=N/c3ccc4cc(S(=O)(=O)CCOS(=O)O)ccc4c3S(=O)(=O)O)c(O)c12)c1ccccc1. The molecule has 6 N–H and O–H groups in total. The molecule has 24 heteroatoms. The second-order valence-electron chi connectivity index (χ2n) is 10.7. The molecule has 5 aromatic carbocycles. The number of fused-ring (bicyclic) bond motifs is 2. The fourth-order valence-corrected chi connectivity index (χ4v) is 8.52. The first-order chi connectivity index (χ1) is 24.6. The number of hydrogen-bond acceptors (Lipinski definition) is 14. The minimum absolute atomic E-state index is 0.0547. The number of nitrogens with one attached hydrogen (secondary N) is 1. The van der Waals surface area contributed by atoms with E-state index in [1.54, 1.807) is 6.07 Å². The summed E-state index contributed by atoms with van der Waals surface area (Å²) in [6.07, 6.45) is 0. The summed E-state index contributed by atoms with van der Waals surface area (Å²) in [5.74, 6) is -2.72. The number of phenols is 1. The number of nitrogens with zero attached hydrogens (tertiary/aromatic N) is 2. The number of amides is 1. The Bertz CT molecular complexity index is 2830. The normalized spacial score (nSPS) is 13.4. The predicted octanol–water partition coefficient (Wildman–Crippen LogP) is 4.03. The predicted molar refractivity (Wildman–Crippen MR) is 186 cm³/mol. The fraction of sp³-hybridized carbons (Fsp3) is 0.0690. The number of aromatic hydroxyl groups is 1. The van der Waals surface area contributed by atoms with Crippen LogP contribution in [0.4, 0.5) is 17.1 Å². The van der Waals surface area contributed by atoms with E-state index in [0.717, 1.165) is 36.4 Å². The van der Waals surface area contributed by atoms with Gasteiger partial charge >= 0.3 is 11.4 Å². The number of rotatable bonds is 12. The fourth-order valence-electron chi connectivity index (χ4n) is 5.03. The molecule has 0 bridgehead atoms. The lowest BCUT2D eigenvalue weighted by molar-refractivity contribution is 0.102. The standard InChI is InChI=1S/C29H23N3O16S5/c33-27-25-18(13-20(51(39,40)41)15-23(25)30-29(34)16-4-2-1-3-5-16)14-24(52(42,43)44)26(27)32-31-22-9-6-17-12-19(50(37,38)11-10-48-49(35)36)7-8-21(17)28(22)53(45,46)47/h1-9,12-15,33H,10-11H2,(H,30,34)(H,35,36)(H,39,40,41)(H,42,43,44)(H,45,46,47)/b32-31+. The topological polar surface area (TPSA) is 318 Å². The maximum absolute atomic E-state index is 13.0. The van der Waals surface area contributed by atoms with Crippen LogP contribution in [-0.2, 0) is 55.7 Å². The monoisotopic (exact) mass is 829 g/mol. The third kappa shape index (κ3) is 8.73. The summed E-state index contributed by atoms with van der Waals surface area (Å²) >= 11 is -2.73. The molecule has 0 fully saturated rings. The third-order valence-corrected chi connectivity index (χ3v) is 12.0. The molecule has 5 aromatic rings. The number of azo groups is 1. The molecule has 0 spiro atoms. The van der Waals surface area contributed by atoms with E-state index >= 15 is 0 Å². The maximum Gasteiger partial charge on any atom is 0.301 e. The largest absolute Gasteiger partial charge is 0.505 e. The van der Waals surface area contributed by atoms with Crippen LogP contribution in [0.1, 0.15) is 10.4 Å². The maximum atomic E-state index is 13.0. The number of carbonyl (C=O) groups is 1. The number of phenolic OH excluding ortho intramolecular Hbond substituents is 1. The Hall–Kier alpha value is -4.76. The molecule has 1 atom stereocenters. The zero-order valence-electron chi connectivity index (χ0n) is 26.1. The summed E-state index contributed by atoms with van der Waals surface area (Å²) in [5.41, 5.74) is -2.18. The molecule has 0 aliphatic heterocycles. The zero-order valence-corrected chi connectivity index (χ0v) is 30.2. The molecule has 280 valence electrons. The van der Waals surface area contributed by atoms with Gasteiger partial charge in [-0.25, -0.2) is 8.42 Å². The minimum Gasteiger partial charge on any atom is -0.505 e. The van der Waals surface area contributed by atoms with Gasteiger partial charge in [0, 0.05) is 16.3 Å². The molecule has 19 nitrogen and oxygen atoms in total. The van der Waals surface area contributed by atoms with Crippen LogP contribution < -0.4 is 5.32 Å². The smallest absolute Gasteiger partial charge is 0.301 e. The van der Waals surface area contributed by atoms with Crippen molar-refractivity contribution >= 4 is 96.1 Å². The van der Waals surface area contributed by atoms with Crippen molar-refractivity contribution in [2.75, 3.05) is 17.7 Å². The van der Waals surface area contributed by atoms with Gasteiger partial charge in [0.1, 0.15) is 21.2 Å². The molecule has 0 aromatic heterocycles. The van der Waals surface area contributed by atoms with E-state index in [0.29, 0.717) is 12.1 Å². The Balaban J connectivity index is 1.71. The molecule has 0 aliphatic rings. The van der Waals surface area contributed by atoms with E-state index in [-0.39, 0.29) is 21.2 Å². The highest BCUT2D eigenvalue weighted by atomic mass is 32.2. The van der Waals surface area contributed by atoms with E-state index < -0.39 is 118 Å². The first-order valence-electron chi connectivity index (χ1n) is 14.2. The Labute approximate surface area is 302 Å². The molecule has 0 radical (unpaired) electrons. The van der Waals surface area contributed by atoms with Gasteiger partial charge in [0.25, 0.3) is 36.3 Å². The van der Waals surface area contributed by atoms with E-state index in [1.165, 1.54) is 24.3 Å². The highest BCUT2D eigenvalue weighted by Gasteiger charge is 2.27. The van der Waals surface area contributed by atoms with Crippen LogP contribution in [0, 0.1) is 0 Å². The molecule has 0 saturated heterocycles. The van der Waals surface area contributed by atoms with Crippen molar-refractivity contribution in [3.8, 4) is 5.75 Å². The zero-order chi connectivity index (χ0) is 39.1. The number of anilines is 1. The van der Waals surface area contributed by atoms with Gasteiger partial charge in [0.15, 0.2) is 15.6 Å². The minimum atomic E-state index is -5.36. The van der Waals surface area contributed by atoms with Gasteiger partial charge in [-0.15, -0.1) is 10.2 Å². The Morgan fingerprint density at radius 3 is 2.02 bits per heavy atom. The van der Waals surface area contributed by atoms with E-state index in [9.17, 15) is 61.4 Å². The Kier molecular flexibility index (Phi) is 10.8. The lowest BCUT2D eigenvalue weighted by Gasteiger charge is -2.15. The quantitative estimate of drug-likeness (QED) is 0.0587. The first-order valence-corrected chi connectivity index (χ1v) is 21.2. The van der Waals surface area contributed by atoms with Crippen molar-refractivity contribution in [3.63, 3.8) is 0 Å². The molecule has 0 aliphatic carbocycles. The molecule has 53 heavy (non-hydrogen) atoms. The van der Waals surface area contributed by atoms with Crippen molar-refractivity contribution in [2.45, 2.75) is 19.6 Å². The average molecular weight is 830 g/mol. The molecular formula is C29H23N3O16S5. The lowest BCUT2D eigenvalue weighted by atomic mass is 10.1. The summed E-state index contributed by atoms with van der Waals surface area (Å²) in [6, 6.07) is 14.5. The summed E-state index contributed by atoms with van der Waals surface area (Å²) in [4.78, 5) is 9.64. The average Bonchev–Trinajstić information content (AvgIpc) is 3.05. The van der Waals surface area contributed by atoms with Gasteiger partial charge in [0.2, 0.25) is 0 Å². The Morgan fingerprint density at radius 1 is 0.755 bits per heavy atom. The van der Waals surface area contributed by atoms with Crippen LogP contribution in [0.2, 0.25) is 0 Å². The van der Waals surface area contributed by atoms with Gasteiger partial charge in [-0.05, 0) is 59.3 Å². The van der Waals surface area contributed by atoms with Gasteiger partial charge < -0.3 is 10.4 Å². The second kappa shape index (κ2) is 14.6. The van der Waals surface area contributed by atoms with Crippen molar-refractivity contribution in [2.24, 2.45) is 10.2 Å². The van der Waals surface area contributed by atoms with Crippen molar-refractivity contribution in [1.82, 2.24) is 0 Å². The lowest BCUT2D eigenvalue weighted by Crippen LogP contribution is -2.13. The van der Waals surface area contributed by atoms with Gasteiger partial charge in [-0.3, -0.25) is 27.2 Å². The second-order valence-corrected chi connectivity index (χ2v) is 17.7. The Morgan fingerprint density at radius 2 is 1.42 bits per heavy atom. The summed E-state index contributed by atoms with van der Waals surface area (Å²) in [5, 5.41) is 19.8. The number of sulfone groups is 1. The van der Waals surface area contributed by atoms with Crippen LogP contribution in [0.5, 0.6) is 5.75 Å². The third-order valence-electron chi connectivity index (χ3n) is 7.32. The number of carbonyl (C=O) groups excluding carboxylic acids is 1. The van der Waals surface area contributed by atoms with Gasteiger partial charge in [0.05, 0.1) is 27.8 Å². The number of benzene rings is 5. The summed E-state index contributed by atoms with van der Waals surface area (Å²) in [6.45, 7) is -0.658. The first kappa shape index (κ1) is 39.4. The molecule has 0 saturated carbocycles. The van der Waals surface area contributed by atoms with Crippen molar-refractivity contribution < 1.29 is 70.2 Å². The summed E-state index contributed by atoms with van der Waals surface area (Å²) in [7, 11) is -19.7. The van der Waals surface area contributed by atoms with E-state index in [1.807, 2.05) is 0 Å². The van der Waals surface area contributed by atoms with Crippen LogP contribution in [0.15, 0.2) is 109 Å². The molecular weight excluding hydrogens is 807 g/mol. The highest BCUT2D eigenvalue weighted by Crippen LogP contribution is 2.46. The van der Waals surface area contributed by atoms with E-state index in [4.69, 9.17) is 4.55 Å². The number of hydrogen-bond donors (Lipinski definition) is 6.